The van der Waals surface area contributed by atoms with Crippen LogP contribution in [0.3, 0.4) is 0 Å². The van der Waals surface area contributed by atoms with Crippen molar-refractivity contribution in [2.24, 2.45) is 0 Å². The van der Waals surface area contributed by atoms with Crippen molar-refractivity contribution in [3.8, 4) is 11.1 Å². The maximum atomic E-state index is 14.3. The largest absolute Gasteiger partial charge is 0.381 e. The first-order chi connectivity index (χ1) is 21.8. The van der Waals surface area contributed by atoms with Crippen molar-refractivity contribution in [1.29, 1.82) is 0 Å². The number of carbonyl (C=O) groups is 1. The van der Waals surface area contributed by atoms with Gasteiger partial charge >= 0.3 is 0 Å². The number of methoxy groups -OCH3 is 1. The summed E-state index contributed by atoms with van der Waals surface area (Å²) < 4.78 is 27.8. The van der Waals surface area contributed by atoms with Crippen molar-refractivity contribution >= 4 is 22.6 Å². The van der Waals surface area contributed by atoms with Gasteiger partial charge < -0.3 is 13.8 Å². The zero-order valence-corrected chi connectivity index (χ0v) is 28.5. The third-order valence-corrected chi connectivity index (χ3v) is 8.92. The lowest BCUT2D eigenvalue weighted by molar-refractivity contribution is -0.122. The molecule has 9 heteroatoms. The fraction of sp³-hybridized carbons (Fsp3) is 0.528. The Labute approximate surface area is 267 Å². The molecule has 3 heterocycles. The third-order valence-electron chi connectivity index (χ3n) is 8.92. The van der Waals surface area contributed by atoms with Crippen LogP contribution in [0, 0.1) is 26.6 Å². The van der Waals surface area contributed by atoms with Gasteiger partial charge in [-0.1, -0.05) is 45.8 Å². The quantitative estimate of drug-likeness (QED) is 0.216. The maximum absolute atomic E-state index is 14.3. The van der Waals surface area contributed by atoms with Crippen LogP contribution in [0.25, 0.3) is 22.2 Å². The predicted molar refractivity (Wildman–Crippen MR) is 179 cm³/mol. The van der Waals surface area contributed by atoms with Crippen molar-refractivity contribution in [2.75, 3.05) is 31.6 Å². The molecule has 8 nitrogen and oxygen atoms in total. The number of aryl methyl sites for hydroxylation is 3. The Bertz CT molecular complexity index is 1570. The van der Waals surface area contributed by atoms with Gasteiger partial charge in [-0.25, -0.2) is 9.37 Å². The molecule has 1 amide bonds. The molecule has 2 aromatic heterocycles. The number of anilines is 1. The number of fused-ring (bicyclic) bond motifs is 1. The minimum absolute atomic E-state index is 0.00721. The summed E-state index contributed by atoms with van der Waals surface area (Å²) in [6, 6.07) is 11.2. The first kappa shape index (κ1) is 34.3. The van der Waals surface area contributed by atoms with E-state index < -0.39 is 0 Å². The van der Waals surface area contributed by atoms with E-state index in [-0.39, 0.29) is 29.9 Å². The lowest BCUT2D eigenvalue weighted by Gasteiger charge is -2.41. The van der Waals surface area contributed by atoms with Crippen LogP contribution in [0.4, 0.5) is 10.1 Å². The lowest BCUT2D eigenvalue weighted by Crippen LogP contribution is -2.53. The molecule has 1 saturated heterocycles. The van der Waals surface area contributed by atoms with Crippen molar-refractivity contribution in [1.82, 2.24) is 19.6 Å². The number of aromatic nitrogens is 3. The van der Waals surface area contributed by atoms with Gasteiger partial charge in [-0.3, -0.25) is 14.6 Å². The highest BCUT2D eigenvalue weighted by Crippen LogP contribution is 2.40. The number of halogens is 1. The number of imidazole rings is 1. The lowest BCUT2D eigenvalue weighted by atomic mass is 9.92. The van der Waals surface area contributed by atoms with Gasteiger partial charge in [0, 0.05) is 30.9 Å². The molecule has 0 spiro atoms. The highest BCUT2D eigenvalue weighted by Gasteiger charge is 2.39. The monoisotopic (exact) mass is 619 g/mol. The molecule has 1 atom stereocenters. The molecule has 1 saturated carbocycles. The van der Waals surface area contributed by atoms with Crippen LogP contribution >= 0.6 is 0 Å². The number of amides is 1. The second-order valence-electron chi connectivity index (χ2n) is 11.4. The number of likely N-dealkylation sites (N-methyl/N-ethyl adjacent to an activating group) is 1. The topological polar surface area (TPSA) is 76.6 Å². The number of piperazine rings is 1. The van der Waals surface area contributed by atoms with Crippen LogP contribution in [0.1, 0.15) is 95.2 Å². The molecule has 2 aliphatic rings. The Balaban J connectivity index is 0.00000111. The van der Waals surface area contributed by atoms with Gasteiger partial charge in [-0.05, 0) is 94.5 Å². The van der Waals surface area contributed by atoms with E-state index >= 15 is 0 Å². The van der Waals surface area contributed by atoms with E-state index in [2.05, 4.69) is 39.7 Å². The molecule has 1 aliphatic heterocycles. The molecule has 0 radical (unpaired) electrons. The Morgan fingerprint density at radius 3 is 2.31 bits per heavy atom. The number of carbonyl (C=O) groups excluding carboxylic acids is 1. The van der Waals surface area contributed by atoms with Crippen LogP contribution in [0.2, 0.25) is 0 Å². The fourth-order valence-corrected chi connectivity index (χ4v) is 6.70. The predicted octanol–water partition coefficient (Wildman–Crippen LogP) is 8.35. The number of ether oxygens (including phenoxy) is 1. The fourth-order valence-electron chi connectivity index (χ4n) is 6.70. The van der Waals surface area contributed by atoms with Gasteiger partial charge in [0.1, 0.15) is 23.4 Å². The van der Waals surface area contributed by atoms with E-state index in [4.69, 9.17) is 14.2 Å². The molecular weight excluding hydrogens is 569 g/mol. The highest BCUT2D eigenvalue weighted by atomic mass is 19.1. The molecular formula is C36H50FN5O3. The van der Waals surface area contributed by atoms with E-state index in [1.807, 2.05) is 46.4 Å². The molecule has 1 aliphatic carbocycles. The molecule has 6 rings (SSSR count). The van der Waals surface area contributed by atoms with E-state index in [1.54, 1.807) is 26.2 Å². The molecule has 45 heavy (non-hydrogen) atoms. The third kappa shape index (κ3) is 6.84. The van der Waals surface area contributed by atoms with Crippen molar-refractivity contribution < 1.29 is 18.4 Å². The first-order valence-electron chi connectivity index (χ1n) is 16.6. The number of hydrogen-bond donors (Lipinski definition) is 0. The number of rotatable bonds is 6. The second kappa shape index (κ2) is 15.1. The summed E-state index contributed by atoms with van der Waals surface area (Å²) in [6.07, 6.45) is 4.15. The van der Waals surface area contributed by atoms with Gasteiger partial charge in [0.05, 0.1) is 29.4 Å². The average molecular weight is 620 g/mol. The van der Waals surface area contributed by atoms with E-state index in [9.17, 15) is 9.18 Å². The Hall–Kier alpha value is -3.56. The molecule has 244 valence electrons. The summed E-state index contributed by atoms with van der Waals surface area (Å²) in [5, 5.41) is 4.15. The Kier molecular flexibility index (Phi) is 11.6. The molecule has 2 aromatic carbocycles. The molecule has 0 bridgehead atoms. The van der Waals surface area contributed by atoms with E-state index in [0.29, 0.717) is 24.3 Å². The summed E-state index contributed by atoms with van der Waals surface area (Å²) in [5.74, 6) is 1.35. The average Bonchev–Trinajstić information content (AvgIpc) is 3.62. The molecule has 4 aromatic rings. The number of hydrogen-bond acceptors (Lipinski definition) is 6. The second-order valence-corrected chi connectivity index (χ2v) is 11.4. The van der Waals surface area contributed by atoms with E-state index in [0.717, 1.165) is 71.7 Å². The van der Waals surface area contributed by atoms with Crippen molar-refractivity contribution in [3.05, 3.63) is 65.1 Å². The van der Waals surface area contributed by atoms with Gasteiger partial charge in [-0.2, -0.15) is 0 Å². The number of benzene rings is 2. The Morgan fingerprint density at radius 2 is 1.71 bits per heavy atom. The highest BCUT2D eigenvalue weighted by molar-refractivity contribution is 5.96. The summed E-state index contributed by atoms with van der Waals surface area (Å²) in [4.78, 5) is 23.0. The maximum Gasteiger partial charge on any atom is 0.241 e. The molecule has 2 fully saturated rings. The van der Waals surface area contributed by atoms with Gasteiger partial charge in [0.25, 0.3) is 0 Å². The summed E-state index contributed by atoms with van der Waals surface area (Å²) in [6.45, 7) is 17.4. The van der Waals surface area contributed by atoms with Crippen LogP contribution in [-0.4, -0.2) is 58.4 Å². The van der Waals surface area contributed by atoms with Crippen LogP contribution in [-0.2, 0) is 9.53 Å². The SMILES string of the molecule is CC.CC.CCN1CC(=O)N(c2ccc(F)c(C)c2)C(c2nc3cc(-c4c(C)noc4C)ccc3n2C2CCC(OC)CC2)C1. The Morgan fingerprint density at radius 1 is 1.00 bits per heavy atom. The zero-order valence-electron chi connectivity index (χ0n) is 28.5. The minimum atomic E-state index is -0.323. The van der Waals surface area contributed by atoms with Crippen molar-refractivity contribution in [2.45, 2.75) is 99.3 Å². The molecule has 1 unspecified atom stereocenters. The molecule has 0 N–H and O–H groups in total. The zero-order chi connectivity index (χ0) is 32.8. The number of nitrogens with zero attached hydrogens (tertiary/aromatic N) is 5. The van der Waals surface area contributed by atoms with Crippen LogP contribution in [0.15, 0.2) is 40.9 Å². The smallest absolute Gasteiger partial charge is 0.241 e. The minimum Gasteiger partial charge on any atom is -0.381 e. The normalized spacial score (nSPS) is 20.4. The van der Waals surface area contributed by atoms with Crippen molar-refractivity contribution in [3.63, 3.8) is 0 Å². The van der Waals surface area contributed by atoms with Gasteiger partial charge in [-0.15, -0.1) is 0 Å². The first-order valence-corrected chi connectivity index (χ1v) is 16.6. The van der Waals surface area contributed by atoms with Crippen LogP contribution in [0.5, 0.6) is 0 Å². The van der Waals surface area contributed by atoms with Gasteiger partial charge in [0.2, 0.25) is 5.91 Å². The summed E-state index contributed by atoms with van der Waals surface area (Å²) in [5.41, 5.74) is 5.98. The van der Waals surface area contributed by atoms with Gasteiger partial charge in [0.15, 0.2) is 0 Å². The summed E-state index contributed by atoms with van der Waals surface area (Å²) >= 11 is 0. The van der Waals surface area contributed by atoms with Crippen LogP contribution < -0.4 is 4.90 Å². The summed E-state index contributed by atoms with van der Waals surface area (Å²) in [7, 11) is 1.79. The van der Waals surface area contributed by atoms with E-state index in [1.165, 1.54) is 6.07 Å². The standard InChI is InChI=1S/C32H38FN5O3.2C2H6/c1-6-36-17-29(37(30(39)18-36)24-10-13-26(33)19(2)15-24)32-34-27-16-22(31-20(3)35-41-21(31)4)7-14-28(27)38(32)23-8-11-25(40-5)12-9-23;2*1-2/h7,10,13-16,23,25,29H,6,8-9,11-12,17-18H2,1-5H3;2*1-2H3.